The van der Waals surface area contributed by atoms with Gasteiger partial charge < -0.3 is 59.9 Å². The molecule has 5 fully saturated rings. The highest BCUT2D eigenvalue weighted by atomic mass is 32.1. The van der Waals surface area contributed by atoms with Crippen LogP contribution in [0, 0.1) is 27.7 Å². The predicted octanol–water partition coefficient (Wildman–Crippen LogP) is 12.3. The normalized spacial score (nSPS) is 16.0. The first-order chi connectivity index (χ1) is 66.6. The fraction of sp³-hybridized carbons (Fsp3) is 0.265. The molecule has 0 bridgehead atoms. The Morgan fingerprint density at radius 2 is 0.606 bits per heavy atom. The van der Waals surface area contributed by atoms with Crippen molar-refractivity contribution in [3.05, 3.63) is 293 Å². The van der Waals surface area contributed by atoms with Gasteiger partial charge in [-0.25, -0.2) is 44.9 Å². The van der Waals surface area contributed by atoms with E-state index in [2.05, 4.69) is 101 Å². The molecular formula is C102H100N26O7S2. The number of thiazole rings is 2. The number of oxazole rings is 2. The number of hydrogen-bond acceptors (Lipinski definition) is 29. The van der Waals surface area contributed by atoms with Gasteiger partial charge in [0.15, 0.2) is 22.9 Å². The zero-order valence-corrected chi connectivity index (χ0v) is 78.4. The van der Waals surface area contributed by atoms with Crippen molar-refractivity contribution in [2.24, 2.45) is 7.05 Å². The average Bonchev–Trinajstić information content (AvgIpc) is 1.77. The van der Waals surface area contributed by atoms with E-state index in [1.807, 2.05) is 218 Å². The third kappa shape index (κ3) is 19.1. The average molecular weight is 1870 g/mol. The molecule has 0 unspecified atom stereocenters. The number of hydrogen-bond donors (Lipinski definition) is 5. The molecule has 5 aromatic carbocycles. The molecule has 0 radical (unpaired) electrons. The monoisotopic (exact) mass is 1860 g/mol. The van der Waals surface area contributed by atoms with E-state index in [1.54, 1.807) is 79.7 Å². The van der Waals surface area contributed by atoms with Gasteiger partial charge in [-0.05, 0) is 149 Å². The second-order valence-electron chi connectivity index (χ2n) is 35.0. The Kier molecular flexibility index (Phi) is 24.5. The summed E-state index contributed by atoms with van der Waals surface area (Å²) in [5.74, 6) is 1.24. The summed E-state index contributed by atoms with van der Waals surface area (Å²) < 4.78 is 23.4. The summed E-state index contributed by atoms with van der Waals surface area (Å²) in [4.78, 5) is 117. The van der Waals surface area contributed by atoms with Crippen LogP contribution >= 0.6 is 22.7 Å². The van der Waals surface area contributed by atoms with Gasteiger partial charge in [0.2, 0.25) is 0 Å². The molecule has 5 aliphatic rings. The topological polar surface area (TPSA) is 344 Å². The Bertz CT molecular complexity index is 7690. The Labute approximate surface area is 792 Å². The fourth-order valence-electron chi connectivity index (χ4n) is 18.3. The first-order valence-electron chi connectivity index (χ1n) is 46.1. The highest BCUT2D eigenvalue weighted by Gasteiger charge is 2.24. The van der Waals surface area contributed by atoms with Gasteiger partial charge in [0.1, 0.15) is 39.3 Å². The highest BCUT2D eigenvalue weighted by Crippen LogP contribution is 2.33. The van der Waals surface area contributed by atoms with Gasteiger partial charge in [0.05, 0.1) is 92.9 Å². The van der Waals surface area contributed by atoms with Crippen molar-refractivity contribution in [3.8, 4) is 56.3 Å². The molecule has 20 aromatic rings. The first-order valence-corrected chi connectivity index (χ1v) is 47.7. The van der Waals surface area contributed by atoms with Gasteiger partial charge >= 0.3 is 0 Å². The molecule has 692 valence electrons. The number of nitrogens with zero attached hydrogens (tertiary/aromatic N) is 21. The zero-order valence-electron chi connectivity index (χ0n) is 76.7. The molecule has 5 N–H and O–H groups in total. The number of nitrogens with one attached hydrogen (secondary N) is 5. The number of pyridine rings is 5. The van der Waals surface area contributed by atoms with E-state index in [0.29, 0.717) is 91.7 Å². The van der Waals surface area contributed by atoms with Crippen LogP contribution in [0.2, 0.25) is 0 Å². The maximum absolute atomic E-state index is 12.8. The van der Waals surface area contributed by atoms with Crippen LogP contribution in [0.4, 0.5) is 28.4 Å². The van der Waals surface area contributed by atoms with E-state index in [0.717, 1.165) is 226 Å². The van der Waals surface area contributed by atoms with Crippen LogP contribution in [0.1, 0.15) is 35.6 Å². The summed E-state index contributed by atoms with van der Waals surface area (Å²) >= 11 is 3.34. The van der Waals surface area contributed by atoms with E-state index >= 15 is 0 Å². The van der Waals surface area contributed by atoms with E-state index in [4.69, 9.17) is 28.8 Å². The third-order valence-electron chi connectivity index (χ3n) is 25.2. The van der Waals surface area contributed by atoms with Crippen LogP contribution in [0.25, 0.3) is 138 Å². The Morgan fingerprint density at radius 3 is 0.942 bits per heavy atom. The van der Waals surface area contributed by atoms with Crippen LogP contribution in [0.3, 0.4) is 0 Å². The maximum Gasteiger partial charge on any atom is 0.258 e. The summed E-state index contributed by atoms with van der Waals surface area (Å²) in [6.45, 7) is 28.9. The molecule has 20 heterocycles. The van der Waals surface area contributed by atoms with Crippen molar-refractivity contribution in [2.45, 2.75) is 53.6 Å². The largest absolute Gasteiger partial charge is 0.441 e. The van der Waals surface area contributed by atoms with Crippen molar-refractivity contribution in [1.29, 1.82) is 0 Å². The Balaban J connectivity index is 0.000000102. The fourth-order valence-corrected chi connectivity index (χ4v) is 20.0. The van der Waals surface area contributed by atoms with Crippen molar-refractivity contribution in [3.63, 3.8) is 0 Å². The smallest absolute Gasteiger partial charge is 0.258 e. The SMILES string of the molecule is Cc1nc2cc(-c3cc(=O)n4cc(N5CCNCC5)ccc4n3)ccc2s1.Cc1nc2cc(-c3cc(=O)n4cc(N5CCN[C@@H](C)C5)ccc4n3)ccc2s1.Cc1nc2ccc(-c3cc(=O)n4cc(N5CCNCC5)ccc4n3)cc2o1.Cc1nc2ccc(-c3cc(=O)n4cc(N5CCN[C@@H](C)C5)ccc4n3)cc2o1.Cn1cc2cc(-c3cc(=O)n4cc(N5CCNCC5)ccc4n3)ccc2n1. The van der Waals surface area contributed by atoms with Gasteiger partial charge in [-0.3, -0.25) is 50.7 Å². The minimum Gasteiger partial charge on any atom is -0.441 e. The molecule has 137 heavy (non-hydrogen) atoms. The van der Waals surface area contributed by atoms with Crippen molar-refractivity contribution in [1.82, 2.24) is 103 Å². The lowest BCUT2D eigenvalue weighted by Gasteiger charge is -2.33. The molecule has 2 atom stereocenters. The highest BCUT2D eigenvalue weighted by molar-refractivity contribution is 7.18. The molecule has 35 heteroatoms. The lowest BCUT2D eigenvalue weighted by atomic mass is 10.1. The first kappa shape index (κ1) is 88.5. The maximum atomic E-state index is 12.8. The third-order valence-corrected chi connectivity index (χ3v) is 27.1. The minimum atomic E-state index is -0.0983. The van der Waals surface area contributed by atoms with Crippen LogP contribution in [-0.4, -0.2) is 207 Å². The lowest BCUT2D eigenvalue weighted by Crippen LogP contribution is -2.49. The molecule has 15 aromatic heterocycles. The van der Waals surface area contributed by atoms with E-state index in [1.165, 1.54) is 0 Å². The lowest BCUT2D eigenvalue weighted by molar-refractivity contribution is 0.484. The number of fused-ring (bicyclic) bond motifs is 10. The van der Waals surface area contributed by atoms with E-state index in [-0.39, 0.29) is 27.8 Å². The van der Waals surface area contributed by atoms with Crippen LogP contribution in [0.15, 0.2) is 252 Å². The summed E-state index contributed by atoms with van der Waals surface area (Å²) in [7, 11) is 1.90. The minimum absolute atomic E-state index is 0.0680. The second-order valence-corrected chi connectivity index (χ2v) is 37.5. The number of aromatic nitrogens is 16. The standard InChI is InChI=1S/C21H21N5O2.C21H21N5OS.C20H20N6O.C20H19N5O2.C20H19N5OS/c1-13-11-25(8-7-22-13)16-4-6-20-24-18(10-21(27)26(20)12-16)15-3-5-17-19(9-15)28-14(2)23-17;1-13-11-25(8-7-22-13)16-4-6-20-24-17(10-21(27)26(20)12-16)15-3-5-19-18(9-15)23-14(2)28-19;1-24-12-15-10-14(2-4-17(15)23-24)18-11-20(27)26-13-16(3-5-19(26)22-18)25-8-6-21-7-9-25;1-13-22-16-4-2-14(10-18(16)27-13)17-11-20(26)25-12-15(3-5-19(25)23-17)24-8-6-21-7-9-24;1-13-22-17-10-14(2-4-18(17)27-13)16-11-20(26)25-12-15(3-5-19(25)23-16)24-8-6-21-7-9-24/h2*3-6,9-10,12-13,22H,7-8,11H2,1-2H3;2-5,10-13,21H,6-9H2,1H3;2*2-5,10-12,21H,6-9H2,1H3/t2*13-;;;/m00.../s1. The van der Waals surface area contributed by atoms with Crippen molar-refractivity contribution < 1.29 is 8.83 Å². The molecule has 25 rings (SSSR count). The van der Waals surface area contributed by atoms with Crippen LogP contribution < -0.4 is 78.9 Å². The van der Waals surface area contributed by atoms with E-state index in [9.17, 15) is 24.0 Å². The molecule has 0 spiro atoms. The molecule has 0 aliphatic carbocycles. The summed E-state index contributed by atoms with van der Waals surface area (Å²) in [5, 5.41) is 24.4. The van der Waals surface area contributed by atoms with Gasteiger partial charge in [-0.15, -0.1) is 22.7 Å². The van der Waals surface area contributed by atoms with Gasteiger partial charge in [0, 0.05) is 252 Å². The summed E-state index contributed by atoms with van der Waals surface area (Å²) in [6.07, 6.45) is 11.4. The zero-order chi connectivity index (χ0) is 93.6. The molecule has 0 amide bonds. The summed E-state index contributed by atoms with van der Waals surface area (Å²) in [5.41, 5.74) is 21.6. The number of aryl methyl sites for hydroxylation is 5. The Hall–Kier alpha value is -15.1. The van der Waals surface area contributed by atoms with Gasteiger partial charge in [-0.1, -0.05) is 30.3 Å². The number of piperazine rings is 5. The van der Waals surface area contributed by atoms with E-state index < -0.39 is 0 Å². The molecular weight excluding hydrogens is 1770 g/mol. The van der Waals surface area contributed by atoms with Crippen LogP contribution in [-0.2, 0) is 7.05 Å². The van der Waals surface area contributed by atoms with Gasteiger partial charge in [-0.2, -0.15) is 5.10 Å². The molecule has 0 saturated carbocycles. The summed E-state index contributed by atoms with van der Waals surface area (Å²) in [6, 6.07) is 58.0. The quantitative estimate of drug-likeness (QED) is 0.0849. The molecule has 33 nitrogen and oxygen atoms in total. The van der Waals surface area contributed by atoms with Crippen LogP contribution in [0.5, 0.6) is 0 Å². The molecule has 5 saturated heterocycles. The number of rotatable bonds is 10. The van der Waals surface area contributed by atoms with Crippen molar-refractivity contribution in [2.75, 3.05) is 142 Å². The number of anilines is 5. The number of benzene rings is 5. The molecule has 5 aliphatic heterocycles. The van der Waals surface area contributed by atoms with Gasteiger partial charge in [0.25, 0.3) is 27.8 Å². The Morgan fingerprint density at radius 1 is 0.307 bits per heavy atom. The predicted molar refractivity (Wildman–Crippen MR) is 544 cm³/mol. The second kappa shape index (κ2) is 38.0. The van der Waals surface area contributed by atoms with Crippen molar-refractivity contribution >= 4 is 133 Å².